The number of ether oxygens (including phenoxy) is 1. The molecule has 0 aliphatic heterocycles. The third-order valence-electron chi connectivity index (χ3n) is 4.22. The van der Waals surface area contributed by atoms with E-state index in [4.69, 9.17) is 4.74 Å². The van der Waals surface area contributed by atoms with Gasteiger partial charge in [0.25, 0.3) is 0 Å². The molecule has 3 nitrogen and oxygen atoms in total. The van der Waals surface area contributed by atoms with Gasteiger partial charge in [0.1, 0.15) is 6.04 Å². The zero-order valence-electron chi connectivity index (χ0n) is 13.4. The molecule has 2 rings (SSSR count). The molecule has 1 atom stereocenters. The first-order valence-electron chi connectivity index (χ1n) is 8.14. The van der Waals surface area contributed by atoms with Gasteiger partial charge in [0.05, 0.1) is 6.61 Å². The number of rotatable bonds is 6. The molecule has 3 heteroatoms. The molecule has 1 aliphatic rings. The molecule has 0 aromatic heterocycles. The summed E-state index contributed by atoms with van der Waals surface area (Å²) in [6, 6.07) is 8.43. The Labute approximate surface area is 128 Å². The number of hydrogen-bond acceptors (Lipinski definition) is 3. The monoisotopic (exact) mass is 289 g/mol. The van der Waals surface area contributed by atoms with Gasteiger partial charge in [-0.3, -0.25) is 5.32 Å². The maximum atomic E-state index is 12.3. The van der Waals surface area contributed by atoms with E-state index in [1.165, 1.54) is 18.4 Å². The lowest BCUT2D eigenvalue weighted by Crippen LogP contribution is -2.36. The van der Waals surface area contributed by atoms with Crippen LogP contribution >= 0.6 is 0 Å². The van der Waals surface area contributed by atoms with Crippen LogP contribution in [0.25, 0.3) is 0 Å². The van der Waals surface area contributed by atoms with Gasteiger partial charge >= 0.3 is 5.97 Å². The third-order valence-corrected chi connectivity index (χ3v) is 4.22. The Balaban J connectivity index is 2.14. The average Bonchev–Trinajstić information content (AvgIpc) is 2.98. The van der Waals surface area contributed by atoms with E-state index in [0.717, 1.165) is 18.4 Å². The molecule has 1 aliphatic carbocycles. The van der Waals surface area contributed by atoms with Crippen LogP contribution in [0, 0.1) is 0 Å². The highest BCUT2D eigenvalue weighted by atomic mass is 16.5. The van der Waals surface area contributed by atoms with Gasteiger partial charge in [-0.1, -0.05) is 51.0 Å². The van der Waals surface area contributed by atoms with Crippen molar-refractivity contribution >= 4 is 5.97 Å². The summed E-state index contributed by atoms with van der Waals surface area (Å²) in [5.74, 6) is 0.338. The van der Waals surface area contributed by atoms with Crippen LogP contribution in [0.1, 0.15) is 69.5 Å². The number of hydrogen-bond donors (Lipinski definition) is 1. The first-order valence-corrected chi connectivity index (χ1v) is 8.14. The summed E-state index contributed by atoms with van der Waals surface area (Å²) in [6.07, 6.45) is 4.80. The van der Waals surface area contributed by atoms with Gasteiger partial charge in [0.2, 0.25) is 0 Å². The van der Waals surface area contributed by atoms with Gasteiger partial charge in [0.15, 0.2) is 0 Å². The van der Waals surface area contributed by atoms with Crippen molar-refractivity contribution in [2.24, 2.45) is 0 Å². The Kier molecular flexibility index (Phi) is 5.80. The van der Waals surface area contributed by atoms with Crippen LogP contribution in [-0.2, 0) is 9.53 Å². The van der Waals surface area contributed by atoms with Crippen molar-refractivity contribution < 1.29 is 9.53 Å². The van der Waals surface area contributed by atoms with E-state index in [2.05, 4.69) is 43.4 Å². The largest absolute Gasteiger partial charge is 0.465 e. The lowest BCUT2D eigenvalue weighted by molar-refractivity contribution is -0.146. The molecule has 116 valence electrons. The Morgan fingerprint density at radius 1 is 1.19 bits per heavy atom. The minimum absolute atomic E-state index is 0.165. The van der Waals surface area contributed by atoms with Crippen LogP contribution in [0.5, 0.6) is 0 Å². The summed E-state index contributed by atoms with van der Waals surface area (Å²) in [4.78, 5) is 12.3. The van der Waals surface area contributed by atoms with Crippen molar-refractivity contribution in [1.29, 1.82) is 0 Å². The smallest absolute Gasteiger partial charge is 0.327 e. The SMILES string of the molecule is CCOC(=O)C(NC1CCCC1)c1ccc(C(C)C)cc1. The second-order valence-electron chi connectivity index (χ2n) is 6.15. The highest BCUT2D eigenvalue weighted by Gasteiger charge is 2.26. The number of carbonyl (C=O) groups is 1. The Bertz CT molecular complexity index is 447. The topological polar surface area (TPSA) is 38.3 Å². The highest BCUT2D eigenvalue weighted by molar-refractivity contribution is 5.77. The predicted molar refractivity (Wildman–Crippen MR) is 85.3 cm³/mol. The minimum atomic E-state index is -0.339. The maximum Gasteiger partial charge on any atom is 0.327 e. The van der Waals surface area contributed by atoms with Crippen molar-refractivity contribution in [3.63, 3.8) is 0 Å². The summed E-state index contributed by atoms with van der Waals surface area (Å²) in [7, 11) is 0. The zero-order chi connectivity index (χ0) is 15.2. The summed E-state index contributed by atoms with van der Waals surface area (Å²) in [5, 5.41) is 3.49. The van der Waals surface area contributed by atoms with E-state index >= 15 is 0 Å². The van der Waals surface area contributed by atoms with E-state index in [9.17, 15) is 4.79 Å². The van der Waals surface area contributed by atoms with Gasteiger partial charge in [-0.2, -0.15) is 0 Å². The van der Waals surface area contributed by atoms with Crippen LogP contribution in [0.3, 0.4) is 0 Å². The fourth-order valence-corrected chi connectivity index (χ4v) is 2.93. The predicted octanol–water partition coefficient (Wildman–Crippen LogP) is 3.95. The molecule has 1 aromatic carbocycles. The van der Waals surface area contributed by atoms with Crippen molar-refractivity contribution in [2.45, 2.75) is 64.5 Å². The van der Waals surface area contributed by atoms with Gasteiger partial charge in [-0.15, -0.1) is 0 Å². The van der Waals surface area contributed by atoms with Gasteiger partial charge in [-0.25, -0.2) is 4.79 Å². The molecule has 1 N–H and O–H groups in total. The molecule has 21 heavy (non-hydrogen) atoms. The second kappa shape index (κ2) is 7.60. The third kappa shape index (κ3) is 4.31. The number of nitrogens with one attached hydrogen (secondary N) is 1. The van der Waals surface area contributed by atoms with Crippen LogP contribution in [0.2, 0.25) is 0 Å². The fourth-order valence-electron chi connectivity index (χ4n) is 2.93. The maximum absolute atomic E-state index is 12.3. The molecule has 0 radical (unpaired) electrons. The standard InChI is InChI=1S/C18H27NO2/c1-4-21-18(20)17(19-16-7-5-6-8-16)15-11-9-14(10-12-15)13(2)3/h9-13,16-17,19H,4-8H2,1-3H3. The molecule has 1 fully saturated rings. The molecular weight excluding hydrogens is 262 g/mol. The van der Waals surface area contributed by atoms with Crippen LogP contribution in [0.4, 0.5) is 0 Å². The molecule has 0 saturated heterocycles. The zero-order valence-corrected chi connectivity index (χ0v) is 13.4. The van der Waals surface area contributed by atoms with Crippen molar-refractivity contribution in [1.82, 2.24) is 5.32 Å². The lowest BCUT2D eigenvalue weighted by atomic mass is 9.98. The molecular formula is C18H27NO2. The van der Waals surface area contributed by atoms with Crippen molar-refractivity contribution in [2.75, 3.05) is 6.61 Å². The van der Waals surface area contributed by atoms with E-state index < -0.39 is 0 Å². The lowest BCUT2D eigenvalue weighted by Gasteiger charge is -2.22. The minimum Gasteiger partial charge on any atom is -0.465 e. The molecule has 1 saturated carbocycles. The Morgan fingerprint density at radius 3 is 2.29 bits per heavy atom. The molecule has 1 aromatic rings. The molecule has 0 spiro atoms. The summed E-state index contributed by atoms with van der Waals surface area (Å²) in [6.45, 7) is 6.63. The molecule has 0 bridgehead atoms. The van der Waals surface area contributed by atoms with E-state index in [1.54, 1.807) is 0 Å². The second-order valence-corrected chi connectivity index (χ2v) is 6.15. The molecule has 1 unspecified atom stereocenters. The van der Waals surface area contributed by atoms with Crippen molar-refractivity contribution in [3.8, 4) is 0 Å². The first kappa shape index (κ1) is 16.0. The average molecular weight is 289 g/mol. The molecule has 0 heterocycles. The van der Waals surface area contributed by atoms with Crippen LogP contribution < -0.4 is 5.32 Å². The van der Waals surface area contributed by atoms with Gasteiger partial charge in [-0.05, 0) is 36.8 Å². The molecule has 0 amide bonds. The Morgan fingerprint density at radius 2 is 1.76 bits per heavy atom. The van der Waals surface area contributed by atoms with E-state index in [1.807, 2.05) is 6.92 Å². The Hall–Kier alpha value is -1.35. The van der Waals surface area contributed by atoms with E-state index in [-0.39, 0.29) is 12.0 Å². The summed E-state index contributed by atoms with van der Waals surface area (Å²) in [5.41, 5.74) is 2.30. The highest BCUT2D eigenvalue weighted by Crippen LogP contribution is 2.24. The van der Waals surface area contributed by atoms with Gasteiger partial charge in [0, 0.05) is 6.04 Å². The first-order chi connectivity index (χ1) is 10.1. The number of carbonyl (C=O) groups excluding carboxylic acids is 1. The summed E-state index contributed by atoms with van der Waals surface area (Å²) >= 11 is 0. The fraction of sp³-hybridized carbons (Fsp3) is 0.611. The van der Waals surface area contributed by atoms with Crippen molar-refractivity contribution in [3.05, 3.63) is 35.4 Å². The normalized spacial score (nSPS) is 17.1. The van der Waals surface area contributed by atoms with Crippen LogP contribution in [0.15, 0.2) is 24.3 Å². The van der Waals surface area contributed by atoms with Gasteiger partial charge < -0.3 is 4.74 Å². The number of esters is 1. The van der Waals surface area contributed by atoms with E-state index in [0.29, 0.717) is 18.6 Å². The van der Waals surface area contributed by atoms with Crippen LogP contribution in [-0.4, -0.2) is 18.6 Å². The number of benzene rings is 1. The quantitative estimate of drug-likeness (QED) is 0.806. The summed E-state index contributed by atoms with van der Waals surface area (Å²) < 4.78 is 5.24.